The third kappa shape index (κ3) is 7.34. The Morgan fingerprint density at radius 3 is 1.51 bits per heavy atom. The van der Waals surface area contributed by atoms with E-state index in [-0.39, 0.29) is 12.0 Å². The highest BCUT2D eigenvalue weighted by Crippen LogP contribution is 2.47. The quantitative estimate of drug-likeness (QED) is 0.261. The highest BCUT2D eigenvalue weighted by molar-refractivity contribution is 5.99. The Kier molecular flexibility index (Phi) is 10.0. The first-order chi connectivity index (χ1) is 19.3. The zero-order chi connectivity index (χ0) is 30.5. The van der Waals surface area contributed by atoms with Crippen molar-refractivity contribution in [2.24, 2.45) is 29.1 Å². The lowest BCUT2D eigenvalue weighted by atomic mass is 9.55. The van der Waals surface area contributed by atoms with E-state index >= 15 is 0 Å². The van der Waals surface area contributed by atoms with Crippen LogP contribution >= 0.6 is 0 Å². The molecule has 222 valence electrons. The van der Waals surface area contributed by atoms with Gasteiger partial charge in [-0.05, 0) is 53.9 Å². The van der Waals surface area contributed by atoms with Crippen LogP contribution in [-0.2, 0) is 32.1 Å². The van der Waals surface area contributed by atoms with E-state index in [4.69, 9.17) is 0 Å². The number of nitrogens with one attached hydrogen (secondary N) is 2. The van der Waals surface area contributed by atoms with Crippen LogP contribution in [0.5, 0.6) is 0 Å². The van der Waals surface area contributed by atoms with E-state index in [1.54, 1.807) is 0 Å². The summed E-state index contributed by atoms with van der Waals surface area (Å²) in [6.45, 7) is 12.5. The molecule has 0 radical (unpaired) electrons. The van der Waals surface area contributed by atoms with Gasteiger partial charge >= 0.3 is 11.9 Å². The third-order valence-electron chi connectivity index (χ3n) is 9.06. The maximum atomic E-state index is 13.2. The van der Waals surface area contributed by atoms with Crippen molar-refractivity contribution in [3.05, 3.63) is 59.7 Å². The molecule has 4 atom stereocenters. The number of carboxylic acid groups (broad SMARTS) is 2. The van der Waals surface area contributed by atoms with Crippen LogP contribution < -0.4 is 10.6 Å². The monoisotopic (exact) mass is 564 g/mol. The SMILES string of the molecule is CCC(C)(C)Cc1ccc(-c2ccc(CNC(=O)C3C(C(=O)O)C(C(=O)O)C3C(=O)NC(C)(CC)CC)cc2)cc1. The average Bonchev–Trinajstić information content (AvgIpc) is 2.91. The van der Waals surface area contributed by atoms with Crippen molar-refractivity contribution in [2.75, 3.05) is 0 Å². The van der Waals surface area contributed by atoms with Gasteiger partial charge in [-0.25, -0.2) is 0 Å². The second kappa shape index (κ2) is 12.9. The van der Waals surface area contributed by atoms with Crippen LogP contribution in [0.2, 0.25) is 0 Å². The molecule has 1 aliphatic carbocycles. The van der Waals surface area contributed by atoms with Crippen LogP contribution in [-0.4, -0.2) is 39.5 Å². The van der Waals surface area contributed by atoms with Crippen LogP contribution in [0.1, 0.15) is 71.9 Å². The molecule has 0 aromatic heterocycles. The second-order valence-corrected chi connectivity index (χ2v) is 12.3. The lowest BCUT2D eigenvalue weighted by Gasteiger charge is -2.46. The smallest absolute Gasteiger partial charge is 0.308 e. The van der Waals surface area contributed by atoms with Crippen LogP contribution in [0.25, 0.3) is 11.1 Å². The number of carbonyl (C=O) groups is 4. The number of amides is 2. The molecular weight excluding hydrogens is 520 g/mol. The van der Waals surface area contributed by atoms with Gasteiger partial charge in [0.1, 0.15) is 0 Å². The number of hydrogen-bond acceptors (Lipinski definition) is 4. The lowest BCUT2D eigenvalue weighted by Crippen LogP contribution is -2.65. The molecule has 2 amide bonds. The van der Waals surface area contributed by atoms with Gasteiger partial charge in [-0.3, -0.25) is 19.2 Å². The summed E-state index contributed by atoms with van der Waals surface area (Å²) in [6, 6.07) is 16.2. The fraction of sp³-hybridized carbons (Fsp3) is 0.515. The summed E-state index contributed by atoms with van der Waals surface area (Å²) >= 11 is 0. The van der Waals surface area contributed by atoms with Crippen LogP contribution in [0.3, 0.4) is 0 Å². The number of carbonyl (C=O) groups excluding carboxylic acids is 2. The van der Waals surface area contributed by atoms with Crippen molar-refractivity contribution < 1.29 is 29.4 Å². The Labute approximate surface area is 242 Å². The molecule has 0 saturated heterocycles. The highest BCUT2D eigenvalue weighted by atomic mass is 16.4. The van der Waals surface area contributed by atoms with Crippen molar-refractivity contribution in [3.8, 4) is 11.1 Å². The molecule has 2 aromatic carbocycles. The van der Waals surface area contributed by atoms with Crippen molar-refractivity contribution in [3.63, 3.8) is 0 Å². The molecule has 0 heterocycles. The molecule has 8 heteroatoms. The van der Waals surface area contributed by atoms with E-state index in [0.29, 0.717) is 12.8 Å². The predicted molar refractivity (Wildman–Crippen MR) is 158 cm³/mol. The summed E-state index contributed by atoms with van der Waals surface area (Å²) in [6.07, 6.45) is 3.33. The summed E-state index contributed by atoms with van der Waals surface area (Å²) in [4.78, 5) is 50.2. The van der Waals surface area contributed by atoms with Crippen LogP contribution in [0.15, 0.2) is 48.5 Å². The third-order valence-corrected chi connectivity index (χ3v) is 9.06. The first kappa shape index (κ1) is 31.8. The van der Waals surface area contributed by atoms with Gasteiger partial charge in [-0.15, -0.1) is 0 Å². The predicted octanol–water partition coefficient (Wildman–Crippen LogP) is 5.29. The van der Waals surface area contributed by atoms with E-state index in [9.17, 15) is 29.4 Å². The topological polar surface area (TPSA) is 133 Å². The van der Waals surface area contributed by atoms with Crippen molar-refractivity contribution in [2.45, 2.75) is 79.3 Å². The Morgan fingerprint density at radius 1 is 0.659 bits per heavy atom. The second-order valence-electron chi connectivity index (χ2n) is 12.3. The standard InChI is InChI=1S/C33H44N2O6/c1-7-32(4,5)18-20-10-14-22(15-11-20)23-16-12-21(13-17-23)19-34-28(36)24-25(27(31(40)41)26(24)30(38)39)29(37)35-33(6,8-2)9-3/h10-17,24-27H,7-9,18-19H2,1-6H3,(H,34,36)(H,35,37)(H,38,39)(H,40,41). The van der Waals surface area contributed by atoms with E-state index in [1.165, 1.54) is 5.56 Å². The minimum Gasteiger partial charge on any atom is -0.481 e. The largest absolute Gasteiger partial charge is 0.481 e. The zero-order valence-corrected chi connectivity index (χ0v) is 25.0. The van der Waals surface area contributed by atoms with Crippen LogP contribution in [0, 0.1) is 29.1 Å². The molecule has 8 nitrogen and oxygen atoms in total. The molecule has 4 N–H and O–H groups in total. The first-order valence-electron chi connectivity index (χ1n) is 14.5. The molecule has 3 rings (SSSR count). The van der Waals surface area contributed by atoms with Gasteiger partial charge in [0.25, 0.3) is 0 Å². The Balaban J connectivity index is 1.70. The summed E-state index contributed by atoms with van der Waals surface area (Å²) in [7, 11) is 0. The van der Waals surface area contributed by atoms with Gasteiger partial charge in [0.15, 0.2) is 0 Å². The van der Waals surface area contributed by atoms with E-state index in [1.807, 2.05) is 45.0 Å². The molecule has 1 saturated carbocycles. The number of aliphatic carboxylic acids is 2. The highest BCUT2D eigenvalue weighted by Gasteiger charge is 2.63. The molecule has 0 spiro atoms. The van der Waals surface area contributed by atoms with Crippen LogP contribution in [0.4, 0.5) is 0 Å². The van der Waals surface area contributed by atoms with E-state index < -0.39 is 53.0 Å². The molecule has 0 bridgehead atoms. The summed E-state index contributed by atoms with van der Waals surface area (Å²) < 4.78 is 0. The molecule has 41 heavy (non-hydrogen) atoms. The van der Waals surface area contributed by atoms with Gasteiger partial charge in [-0.1, -0.05) is 89.6 Å². The molecule has 2 aromatic rings. The number of rotatable bonds is 13. The fourth-order valence-electron chi connectivity index (χ4n) is 5.44. The average molecular weight is 565 g/mol. The van der Waals surface area contributed by atoms with Crippen molar-refractivity contribution in [1.29, 1.82) is 0 Å². The maximum absolute atomic E-state index is 13.2. The number of hydrogen-bond donors (Lipinski definition) is 4. The molecule has 0 aliphatic heterocycles. The van der Waals surface area contributed by atoms with Crippen molar-refractivity contribution >= 4 is 23.8 Å². The lowest BCUT2D eigenvalue weighted by molar-refractivity contribution is -0.182. The number of carboxylic acids is 2. The normalized spacial score (nSPS) is 20.5. The molecule has 1 fully saturated rings. The molecular formula is C33H44N2O6. The molecule has 1 aliphatic rings. The summed E-state index contributed by atoms with van der Waals surface area (Å²) in [5.74, 6) is -9.53. The van der Waals surface area contributed by atoms with Gasteiger partial charge in [0.2, 0.25) is 11.8 Å². The summed E-state index contributed by atoms with van der Waals surface area (Å²) in [5.41, 5.74) is 3.88. The maximum Gasteiger partial charge on any atom is 0.308 e. The first-order valence-corrected chi connectivity index (χ1v) is 14.5. The minimum absolute atomic E-state index is 0.126. The number of benzene rings is 2. The Hall–Kier alpha value is -3.68. The minimum atomic E-state index is -1.48. The zero-order valence-electron chi connectivity index (χ0n) is 25.0. The van der Waals surface area contributed by atoms with Crippen molar-refractivity contribution in [1.82, 2.24) is 10.6 Å². The van der Waals surface area contributed by atoms with E-state index in [2.05, 4.69) is 55.7 Å². The van der Waals surface area contributed by atoms with Gasteiger partial charge < -0.3 is 20.8 Å². The van der Waals surface area contributed by atoms with Gasteiger partial charge in [0.05, 0.1) is 23.7 Å². The summed E-state index contributed by atoms with van der Waals surface area (Å²) in [5, 5.41) is 25.0. The molecule has 4 unspecified atom stereocenters. The fourth-order valence-corrected chi connectivity index (χ4v) is 5.44. The Morgan fingerprint density at radius 2 is 1.10 bits per heavy atom. The van der Waals surface area contributed by atoms with E-state index in [0.717, 1.165) is 29.5 Å². The van der Waals surface area contributed by atoms with Gasteiger partial charge in [0, 0.05) is 12.1 Å². The Bertz CT molecular complexity index is 1250. The van der Waals surface area contributed by atoms with Gasteiger partial charge in [-0.2, -0.15) is 0 Å².